The van der Waals surface area contributed by atoms with Crippen LogP contribution in [0.4, 0.5) is 0 Å². The number of likely N-dealkylation sites (tertiary alicyclic amines) is 1. The molecule has 0 saturated carbocycles. The molecule has 2 rings (SSSR count). The second-order valence-corrected chi connectivity index (χ2v) is 7.62. The van der Waals surface area contributed by atoms with Crippen LogP contribution < -0.4 is 5.73 Å². The normalized spacial score (nSPS) is 21.9. The molecule has 2 unspecified atom stereocenters. The summed E-state index contributed by atoms with van der Waals surface area (Å²) in [6.07, 6.45) is 1.01. The molecule has 2 atom stereocenters. The van der Waals surface area contributed by atoms with Gasteiger partial charge in [0.1, 0.15) is 0 Å². The summed E-state index contributed by atoms with van der Waals surface area (Å²) in [5, 5.41) is 0. The van der Waals surface area contributed by atoms with Crippen molar-refractivity contribution in [2.24, 2.45) is 11.7 Å². The molecule has 0 aliphatic carbocycles. The van der Waals surface area contributed by atoms with E-state index in [0.717, 1.165) is 32.6 Å². The first-order chi connectivity index (χ1) is 7.99. The average Bonchev–Trinajstić information content (AvgIpc) is 2.86. The SMILES string of the molecule is CC(N)C1CCN(C(=O)c2cc(Br)c(Br)s2)C1. The monoisotopic (exact) mass is 380 g/mol. The van der Waals surface area contributed by atoms with Crippen molar-refractivity contribution < 1.29 is 4.79 Å². The molecule has 2 N–H and O–H groups in total. The molecule has 6 heteroatoms. The van der Waals surface area contributed by atoms with Gasteiger partial charge in [0, 0.05) is 23.6 Å². The molecule has 1 saturated heterocycles. The molecule has 0 bridgehead atoms. The van der Waals surface area contributed by atoms with Crippen LogP contribution in [-0.2, 0) is 0 Å². The van der Waals surface area contributed by atoms with Gasteiger partial charge in [-0.25, -0.2) is 0 Å². The Morgan fingerprint density at radius 3 is 2.82 bits per heavy atom. The molecule has 1 aromatic heterocycles. The summed E-state index contributed by atoms with van der Waals surface area (Å²) in [6.45, 7) is 3.61. The zero-order chi connectivity index (χ0) is 12.6. The lowest BCUT2D eigenvalue weighted by molar-refractivity contribution is 0.0790. The Morgan fingerprint density at radius 1 is 1.65 bits per heavy atom. The molecule has 0 aromatic carbocycles. The smallest absolute Gasteiger partial charge is 0.264 e. The number of halogens is 2. The van der Waals surface area contributed by atoms with E-state index in [4.69, 9.17) is 5.73 Å². The lowest BCUT2D eigenvalue weighted by Gasteiger charge is -2.17. The maximum atomic E-state index is 12.2. The van der Waals surface area contributed by atoms with E-state index in [-0.39, 0.29) is 11.9 Å². The predicted octanol–water partition coefficient (Wildman–Crippen LogP) is 3.08. The Balaban J connectivity index is 2.07. The molecule has 3 nitrogen and oxygen atoms in total. The zero-order valence-corrected chi connectivity index (χ0v) is 13.4. The van der Waals surface area contributed by atoms with Crippen molar-refractivity contribution in [3.8, 4) is 0 Å². The van der Waals surface area contributed by atoms with Crippen LogP contribution in [0.3, 0.4) is 0 Å². The van der Waals surface area contributed by atoms with Gasteiger partial charge in [0.2, 0.25) is 0 Å². The van der Waals surface area contributed by atoms with Gasteiger partial charge in [-0.3, -0.25) is 4.79 Å². The van der Waals surface area contributed by atoms with E-state index in [1.54, 1.807) is 0 Å². The van der Waals surface area contributed by atoms with Gasteiger partial charge in [0.25, 0.3) is 5.91 Å². The number of nitrogens with zero attached hydrogens (tertiary/aromatic N) is 1. The number of thiophene rings is 1. The first-order valence-corrected chi connectivity index (χ1v) is 7.89. The summed E-state index contributed by atoms with van der Waals surface area (Å²) in [6, 6.07) is 2.03. The highest BCUT2D eigenvalue weighted by Gasteiger charge is 2.29. The lowest BCUT2D eigenvalue weighted by atomic mass is 10.0. The Morgan fingerprint density at radius 2 is 2.35 bits per heavy atom. The van der Waals surface area contributed by atoms with Crippen LogP contribution in [0.1, 0.15) is 23.0 Å². The quantitative estimate of drug-likeness (QED) is 0.855. The fourth-order valence-electron chi connectivity index (χ4n) is 2.01. The summed E-state index contributed by atoms with van der Waals surface area (Å²) < 4.78 is 1.90. The van der Waals surface area contributed by atoms with Crippen molar-refractivity contribution in [1.29, 1.82) is 0 Å². The van der Waals surface area contributed by atoms with E-state index < -0.39 is 0 Å². The number of nitrogens with two attached hydrogens (primary N) is 1. The summed E-state index contributed by atoms with van der Waals surface area (Å²) in [4.78, 5) is 14.9. The number of amides is 1. The summed E-state index contributed by atoms with van der Waals surface area (Å²) >= 11 is 8.28. The van der Waals surface area contributed by atoms with Crippen LogP contribution in [0.15, 0.2) is 14.3 Å². The molecule has 1 amide bonds. The fraction of sp³-hybridized carbons (Fsp3) is 0.545. The Bertz CT molecular complexity index is 414. The second kappa shape index (κ2) is 5.38. The lowest BCUT2D eigenvalue weighted by Crippen LogP contribution is -2.32. The molecular formula is C11H14Br2N2OS. The minimum atomic E-state index is 0.115. The number of rotatable bonds is 2. The summed E-state index contributed by atoms with van der Waals surface area (Å²) in [7, 11) is 0. The highest BCUT2D eigenvalue weighted by atomic mass is 79.9. The fourth-order valence-corrected chi connectivity index (χ4v) is 4.01. The van der Waals surface area contributed by atoms with Gasteiger partial charge < -0.3 is 10.6 Å². The van der Waals surface area contributed by atoms with Crippen molar-refractivity contribution in [3.63, 3.8) is 0 Å². The standard InChI is InChI=1S/C11H14Br2N2OS/c1-6(14)7-2-3-15(5-7)11(16)9-4-8(12)10(13)17-9/h4,6-7H,2-3,5,14H2,1H3. The third-order valence-electron chi connectivity index (χ3n) is 3.11. The van der Waals surface area contributed by atoms with Crippen LogP contribution in [0, 0.1) is 5.92 Å². The number of carbonyl (C=O) groups excluding carboxylic acids is 1. The van der Waals surface area contributed by atoms with Gasteiger partial charge >= 0.3 is 0 Å². The van der Waals surface area contributed by atoms with E-state index in [9.17, 15) is 4.79 Å². The van der Waals surface area contributed by atoms with Gasteiger partial charge in [-0.05, 0) is 57.2 Å². The number of carbonyl (C=O) groups is 1. The summed E-state index contributed by atoms with van der Waals surface area (Å²) in [5.74, 6) is 0.551. The molecule has 94 valence electrons. The average molecular weight is 382 g/mol. The minimum absolute atomic E-state index is 0.115. The predicted molar refractivity (Wildman–Crippen MR) is 77.4 cm³/mol. The van der Waals surface area contributed by atoms with Crippen molar-refractivity contribution in [1.82, 2.24) is 4.90 Å². The van der Waals surface area contributed by atoms with Crippen LogP contribution in [0.2, 0.25) is 0 Å². The minimum Gasteiger partial charge on any atom is -0.338 e. The molecule has 17 heavy (non-hydrogen) atoms. The molecule has 1 aliphatic heterocycles. The van der Waals surface area contributed by atoms with Gasteiger partial charge in [0.15, 0.2) is 0 Å². The molecule has 1 aliphatic rings. The van der Waals surface area contributed by atoms with E-state index in [2.05, 4.69) is 31.9 Å². The van der Waals surface area contributed by atoms with Crippen molar-refractivity contribution in [3.05, 3.63) is 19.2 Å². The van der Waals surface area contributed by atoms with Gasteiger partial charge in [-0.1, -0.05) is 0 Å². The maximum Gasteiger partial charge on any atom is 0.264 e. The third-order valence-corrected chi connectivity index (χ3v) is 6.36. The zero-order valence-electron chi connectivity index (χ0n) is 9.45. The third kappa shape index (κ3) is 2.92. The van der Waals surface area contributed by atoms with Crippen molar-refractivity contribution >= 4 is 49.1 Å². The highest BCUT2D eigenvalue weighted by molar-refractivity contribution is 9.13. The molecule has 0 radical (unpaired) electrons. The van der Waals surface area contributed by atoms with Gasteiger partial charge in [-0.15, -0.1) is 11.3 Å². The molecular weight excluding hydrogens is 368 g/mol. The second-order valence-electron chi connectivity index (χ2n) is 4.39. The number of hydrogen-bond donors (Lipinski definition) is 1. The Hall–Kier alpha value is 0.0900. The van der Waals surface area contributed by atoms with E-state index in [1.165, 1.54) is 11.3 Å². The van der Waals surface area contributed by atoms with Crippen LogP contribution in [-0.4, -0.2) is 29.9 Å². The van der Waals surface area contributed by atoms with Crippen molar-refractivity contribution in [2.45, 2.75) is 19.4 Å². The van der Waals surface area contributed by atoms with E-state index >= 15 is 0 Å². The topological polar surface area (TPSA) is 46.3 Å². The van der Waals surface area contributed by atoms with E-state index in [1.807, 2.05) is 17.9 Å². The number of hydrogen-bond acceptors (Lipinski definition) is 3. The maximum absolute atomic E-state index is 12.2. The first kappa shape index (κ1) is 13.5. The molecule has 2 heterocycles. The first-order valence-electron chi connectivity index (χ1n) is 5.48. The van der Waals surface area contributed by atoms with Crippen LogP contribution >= 0.6 is 43.2 Å². The van der Waals surface area contributed by atoms with E-state index in [0.29, 0.717) is 5.92 Å². The largest absolute Gasteiger partial charge is 0.338 e. The van der Waals surface area contributed by atoms with Gasteiger partial charge in [-0.2, -0.15) is 0 Å². The van der Waals surface area contributed by atoms with Crippen molar-refractivity contribution in [2.75, 3.05) is 13.1 Å². The van der Waals surface area contributed by atoms with Crippen LogP contribution in [0.5, 0.6) is 0 Å². The molecule has 1 aromatic rings. The Labute approximate surface area is 122 Å². The molecule has 0 spiro atoms. The van der Waals surface area contributed by atoms with Gasteiger partial charge in [0.05, 0.1) is 8.66 Å². The summed E-state index contributed by atoms with van der Waals surface area (Å²) in [5.41, 5.74) is 5.88. The molecule has 1 fully saturated rings. The Kier molecular flexibility index (Phi) is 4.28. The highest BCUT2D eigenvalue weighted by Crippen LogP contribution is 2.33. The van der Waals surface area contributed by atoms with Crippen LogP contribution in [0.25, 0.3) is 0 Å².